The second-order valence-corrected chi connectivity index (χ2v) is 40.5. The monoisotopic (exact) mass is 1420 g/mol. The van der Waals surface area contributed by atoms with E-state index in [0.717, 1.165) is 82.9 Å². The maximum absolute atomic E-state index is 11.0. The van der Waals surface area contributed by atoms with Gasteiger partial charge in [0.05, 0.1) is 25.6 Å². The molecule has 1 aromatic heterocycles. The number of rotatable bonds is 3. The molecule has 16 saturated carbocycles. The number of fused-ring (bicyclic) bond motifs is 8. The summed E-state index contributed by atoms with van der Waals surface area (Å²) in [4.78, 5) is 25.4. The fourth-order valence-electron chi connectivity index (χ4n) is 24.0. The molecule has 7 atom stereocenters. The highest BCUT2D eigenvalue weighted by Gasteiger charge is 2.54. The molecule has 5 heteroatoms. The van der Waals surface area contributed by atoms with Gasteiger partial charge in [0.25, 0.3) is 0 Å². The number of aromatic nitrogens is 1. The molecule has 0 N–H and O–H groups in total. The van der Waals surface area contributed by atoms with Gasteiger partial charge in [-0.25, -0.2) is 0 Å². The molecule has 0 radical (unpaired) electrons. The van der Waals surface area contributed by atoms with Gasteiger partial charge in [-0.2, -0.15) is 0 Å². The van der Waals surface area contributed by atoms with E-state index in [0.29, 0.717) is 30.5 Å². The average Bonchev–Trinajstić information content (AvgIpc) is 1.08. The van der Waals surface area contributed by atoms with Crippen LogP contribution in [-0.4, -0.2) is 30.1 Å². The maximum atomic E-state index is 11.0. The van der Waals surface area contributed by atoms with Crippen molar-refractivity contribution >= 4 is 11.9 Å². The van der Waals surface area contributed by atoms with Crippen molar-refractivity contribution in [3.05, 3.63) is 30.6 Å². The number of esters is 2. The molecule has 18 fully saturated rings. The van der Waals surface area contributed by atoms with Crippen molar-refractivity contribution in [2.75, 3.05) is 13.2 Å². The minimum absolute atomic E-state index is 0.0451. The second kappa shape index (κ2) is 45.3. The van der Waals surface area contributed by atoms with Gasteiger partial charge in [0.1, 0.15) is 0 Å². The molecule has 19 rings (SSSR count). The number of pyridine rings is 1. The van der Waals surface area contributed by atoms with Gasteiger partial charge in [0, 0.05) is 12.4 Å². The lowest BCUT2D eigenvalue weighted by Crippen LogP contribution is -2.51. The van der Waals surface area contributed by atoms with Gasteiger partial charge >= 0.3 is 11.9 Å². The van der Waals surface area contributed by atoms with Crippen molar-refractivity contribution in [3.8, 4) is 0 Å². The first kappa shape index (κ1) is 90.7. The topological polar surface area (TPSA) is 65.5 Å². The van der Waals surface area contributed by atoms with Gasteiger partial charge < -0.3 is 9.47 Å². The number of hydrogen-bond donors (Lipinski definition) is 0. The third-order valence-electron chi connectivity index (χ3n) is 30.5. The summed E-state index contributed by atoms with van der Waals surface area (Å²) in [6.45, 7) is 48.1. The van der Waals surface area contributed by atoms with Crippen LogP contribution in [-0.2, 0) is 19.1 Å². The summed E-state index contributed by atoms with van der Waals surface area (Å²) in [6.07, 6.45) is 68.3. The zero-order valence-corrected chi connectivity index (χ0v) is 72.3. The molecule has 7 unspecified atom stereocenters. The Bertz CT molecular complexity index is 2210. The summed E-state index contributed by atoms with van der Waals surface area (Å²) in [6, 6.07) is 5.72. The van der Waals surface area contributed by atoms with Crippen LogP contribution >= 0.6 is 0 Å². The third-order valence-corrected chi connectivity index (χ3v) is 30.5. The molecule has 5 nitrogen and oxygen atoms in total. The Kier molecular flexibility index (Phi) is 40.3. The van der Waals surface area contributed by atoms with Crippen LogP contribution in [0.4, 0.5) is 0 Å². The summed E-state index contributed by atoms with van der Waals surface area (Å²) in [5.41, 5.74) is 2.96. The lowest BCUT2D eigenvalue weighted by molar-refractivity contribution is -0.160. The van der Waals surface area contributed by atoms with Gasteiger partial charge in [-0.05, 0) is 274 Å². The molecule has 2 saturated heterocycles. The van der Waals surface area contributed by atoms with Crippen LogP contribution in [0, 0.1) is 133 Å². The van der Waals surface area contributed by atoms with Gasteiger partial charge in [0.15, 0.2) is 0 Å². The normalized spacial score (nSPS) is 38.1. The van der Waals surface area contributed by atoms with Crippen molar-refractivity contribution in [2.45, 2.75) is 428 Å². The second-order valence-electron chi connectivity index (χ2n) is 40.5. The van der Waals surface area contributed by atoms with E-state index < -0.39 is 0 Å². The summed E-state index contributed by atoms with van der Waals surface area (Å²) in [5, 5.41) is 0. The minimum atomic E-state index is -0.0498. The van der Waals surface area contributed by atoms with Crippen molar-refractivity contribution in [1.29, 1.82) is 0 Å². The Labute approximate surface area is 637 Å². The highest BCUT2D eigenvalue weighted by Crippen LogP contribution is 2.64. The first-order valence-corrected chi connectivity index (χ1v) is 45.8. The van der Waals surface area contributed by atoms with E-state index in [9.17, 15) is 9.59 Å². The van der Waals surface area contributed by atoms with E-state index in [2.05, 4.69) is 143 Å². The maximum Gasteiger partial charge on any atom is 0.309 e. The molecule has 3 heterocycles. The van der Waals surface area contributed by atoms with Gasteiger partial charge in [0.2, 0.25) is 0 Å². The van der Waals surface area contributed by atoms with Crippen LogP contribution in [0.3, 0.4) is 0 Å². The quantitative estimate of drug-likeness (QED) is 0.282. The lowest BCUT2D eigenvalue weighted by Gasteiger charge is -2.60. The van der Waals surface area contributed by atoms with E-state index in [-0.39, 0.29) is 28.7 Å². The van der Waals surface area contributed by atoms with Crippen LogP contribution in [0.25, 0.3) is 0 Å². The summed E-state index contributed by atoms with van der Waals surface area (Å²) in [7, 11) is 0. The number of nitrogens with zero attached hydrogens (tertiary/aromatic N) is 1. The average molecular weight is 1420 g/mol. The molecule has 594 valence electrons. The molecule has 0 spiro atoms. The predicted octanol–water partition coefficient (Wildman–Crippen LogP) is 30.2. The molecule has 0 amide bonds. The van der Waals surface area contributed by atoms with E-state index in [1.165, 1.54) is 132 Å². The fourth-order valence-corrected chi connectivity index (χ4v) is 24.0. The Morgan fingerprint density at radius 3 is 1.17 bits per heavy atom. The Morgan fingerprint density at radius 2 is 0.853 bits per heavy atom. The molecular formula is C97H177NO4. The van der Waals surface area contributed by atoms with E-state index in [1.54, 1.807) is 179 Å². The van der Waals surface area contributed by atoms with E-state index in [4.69, 9.17) is 9.47 Å². The van der Waals surface area contributed by atoms with Crippen molar-refractivity contribution in [2.24, 2.45) is 133 Å². The molecule has 16 aliphatic carbocycles. The SMILES string of the molecule is C1CC2C3CCC(C3)C2C1.C1CC2CCC1C2.C1CCC2CCCCC2C1.CC1(C)CCOC(=O)C1.CC1C(=O)OCCC1(C)C.CCC.CCC.CCC.CCC.CCC1(C)C2CC3CC(C2)CC1C3.CCC12CC3CC(CC(C3)C1)C2.CCC1CCCCC1(C)C(C)(C)C.c1ccncc1. The van der Waals surface area contributed by atoms with Gasteiger partial charge in [-0.1, -0.05) is 293 Å². The Balaban J connectivity index is 0.000000204. The fraction of sp³-hybridized carbons (Fsp3) is 0.928. The predicted molar refractivity (Wildman–Crippen MR) is 442 cm³/mol. The summed E-state index contributed by atoms with van der Waals surface area (Å²) in [5.74, 6) is 18.3. The molecule has 12 bridgehead atoms. The third kappa shape index (κ3) is 27.9. The number of carbonyl (C=O) groups excluding carboxylic acids is 2. The first-order valence-electron chi connectivity index (χ1n) is 45.8. The van der Waals surface area contributed by atoms with Crippen LogP contribution in [0.1, 0.15) is 428 Å². The molecule has 1 aromatic rings. The molecular weight excluding hydrogens is 1240 g/mol. The zero-order valence-electron chi connectivity index (χ0n) is 72.3. The zero-order chi connectivity index (χ0) is 75.2. The van der Waals surface area contributed by atoms with Crippen molar-refractivity contribution in [3.63, 3.8) is 0 Å². The van der Waals surface area contributed by atoms with E-state index in [1.807, 2.05) is 25.1 Å². The molecule has 102 heavy (non-hydrogen) atoms. The standard InChI is InChI=1S/C13H22.C13H26.C12H20.C10H16.C10H18.C8H14O2.C7H12O2.C7H12.C5H5N.4C3H8/c1-3-13(2)11-5-9-4-10(7-11)8-12(13)6-9;1-6-11-9-7-8-10-13(11,5)12(2,3)4;1-2-12-6-9-3-10(7-12)5-11(4-9)8-12;1-2-9-7-4-5-8(6-7)10(9)3-1;1-2-6-10-8-4-3-7-9(10)5-1;1-6-7(9)10-5-4-8(6,2)3;1-7(2)3-4-9-6(8)5-7;1-2-7-4-3-6(1)5-7;1-2-4-6-5-3-1;4*1-3-2/h9-12H,3-8H2,1-2H3;11H,6-10H2,1-5H3;9-11H,2-8H2,1H3;7-10H,1-6H2;9-10H,1-8H2;6H,4-5H2,1-3H3;3-5H2,1-2H3;6-7H,1-5H2;1-5H;4*3H2,1-2H3. The van der Waals surface area contributed by atoms with Crippen LogP contribution < -0.4 is 0 Å². The molecule has 18 aliphatic rings. The summed E-state index contributed by atoms with van der Waals surface area (Å²) < 4.78 is 9.66. The Morgan fingerprint density at radius 1 is 0.431 bits per heavy atom. The van der Waals surface area contributed by atoms with Crippen molar-refractivity contribution < 1.29 is 19.1 Å². The number of cyclic esters (lactones) is 2. The minimum Gasteiger partial charge on any atom is -0.466 e. The largest absolute Gasteiger partial charge is 0.466 e. The highest BCUT2D eigenvalue weighted by atomic mass is 16.5. The number of hydrogen-bond acceptors (Lipinski definition) is 5. The first-order chi connectivity index (χ1) is 48.6. The number of ether oxygens (including phenoxy) is 2. The lowest BCUT2D eigenvalue weighted by atomic mass is 9.45. The van der Waals surface area contributed by atoms with Crippen LogP contribution in [0.5, 0.6) is 0 Å². The highest BCUT2D eigenvalue weighted by molar-refractivity contribution is 5.73. The van der Waals surface area contributed by atoms with Gasteiger partial charge in [-0.3, -0.25) is 14.6 Å². The van der Waals surface area contributed by atoms with Crippen LogP contribution in [0.15, 0.2) is 30.6 Å². The van der Waals surface area contributed by atoms with Crippen LogP contribution in [0.2, 0.25) is 0 Å². The van der Waals surface area contributed by atoms with E-state index >= 15 is 0 Å². The van der Waals surface area contributed by atoms with Gasteiger partial charge in [-0.15, -0.1) is 0 Å². The summed E-state index contributed by atoms with van der Waals surface area (Å²) >= 11 is 0. The molecule has 2 aliphatic heterocycles. The molecule has 0 aromatic carbocycles. The smallest absolute Gasteiger partial charge is 0.309 e. The number of carbonyl (C=O) groups is 2. The van der Waals surface area contributed by atoms with Crippen molar-refractivity contribution in [1.82, 2.24) is 4.98 Å². The Hall–Kier alpha value is -1.91.